The Balaban J connectivity index is 2.80. The molecule has 0 bridgehead atoms. The zero-order chi connectivity index (χ0) is 13.7. The van der Waals surface area contributed by atoms with E-state index in [1.807, 2.05) is 13.8 Å². The fourth-order valence-corrected chi connectivity index (χ4v) is 1.52. The van der Waals surface area contributed by atoms with Crippen LogP contribution >= 0.6 is 0 Å². The van der Waals surface area contributed by atoms with Crippen molar-refractivity contribution in [3.63, 3.8) is 0 Å². The van der Waals surface area contributed by atoms with E-state index in [9.17, 15) is 14.0 Å². The summed E-state index contributed by atoms with van der Waals surface area (Å²) < 4.78 is 12.8. The van der Waals surface area contributed by atoms with Crippen molar-refractivity contribution in [2.24, 2.45) is 0 Å². The van der Waals surface area contributed by atoms with Gasteiger partial charge in [0.05, 0.1) is 0 Å². The van der Waals surface area contributed by atoms with Crippen molar-refractivity contribution in [2.45, 2.75) is 26.8 Å². The van der Waals surface area contributed by atoms with Crippen LogP contribution in [0.15, 0.2) is 24.3 Å². The molecule has 5 heteroatoms. The molecule has 0 unspecified atom stereocenters. The molecule has 0 aliphatic carbocycles. The maximum atomic E-state index is 12.8. The molecule has 0 saturated heterocycles. The molecule has 18 heavy (non-hydrogen) atoms. The van der Waals surface area contributed by atoms with Crippen LogP contribution < -0.4 is 10.2 Å². The van der Waals surface area contributed by atoms with Crippen LogP contribution in [0.1, 0.15) is 20.8 Å². The van der Waals surface area contributed by atoms with Crippen LogP contribution in [0.2, 0.25) is 0 Å². The molecule has 1 aromatic rings. The van der Waals surface area contributed by atoms with Gasteiger partial charge in [0.1, 0.15) is 12.4 Å². The quantitative estimate of drug-likeness (QED) is 0.886. The van der Waals surface area contributed by atoms with Crippen molar-refractivity contribution in [1.29, 1.82) is 0 Å². The van der Waals surface area contributed by atoms with Crippen molar-refractivity contribution < 1.29 is 14.0 Å². The van der Waals surface area contributed by atoms with E-state index in [-0.39, 0.29) is 30.2 Å². The lowest BCUT2D eigenvalue weighted by Crippen LogP contribution is -2.42. The average Bonchev–Trinajstić information content (AvgIpc) is 2.26. The number of carbonyl (C=O) groups excluding carboxylic acids is 2. The zero-order valence-electron chi connectivity index (χ0n) is 10.7. The van der Waals surface area contributed by atoms with E-state index in [4.69, 9.17) is 0 Å². The SMILES string of the molecule is CC(=O)N(CC(=O)NC(C)C)c1ccc(F)cc1. The van der Waals surface area contributed by atoms with Crippen molar-refractivity contribution in [3.05, 3.63) is 30.1 Å². The molecule has 0 fully saturated rings. The average molecular weight is 252 g/mol. The smallest absolute Gasteiger partial charge is 0.240 e. The van der Waals surface area contributed by atoms with E-state index >= 15 is 0 Å². The van der Waals surface area contributed by atoms with Gasteiger partial charge in [-0.2, -0.15) is 0 Å². The number of anilines is 1. The molecule has 2 amide bonds. The van der Waals surface area contributed by atoms with Crippen LogP contribution in [0.4, 0.5) is 10.1 Å². The minimum absolute atomic E-state index is 0.0134. The summed E-state index contributed by atoms with van der Waals surface area (Å²) in [5.74, 6) is -0.890. The Bertz CT molecular complexity index is 429. The minimum atomic E-state index is -0.381. The number of hydrogen-bond acceptors (Lipinski definition) is 2. The number of hydrogen-bond donors (Lipinski definition) is 1. The highest BCUT2D eigenvalue weighted by atomic mass is 19.1. The molecule has 4 nitrogen and oxygen atoms in total. The lowest BCUT2D eigenvalue weighted by atomic mass is 10.2. The molecule has 0 aliphatic rings. The van der Waals surface area contributed by atoms with Gasteiger partial charge in [-0.1, -0.05) is 0 Å². The Morgan fingerprint density at radius 2 is 1.83 bits per heavy atom. The second kappa shape index (κ2) is 6.14. The van der Waals surface area contributed by atoms with Crippen molar-refractivity contribution in [2.75, 3.05) is 11.4 Å². The molecule has 1 rings (SSSR count). The molecule has 1 aromatic carbocycles. The van der Waals surface area contributed by atoms with Gasteiger partial charge in [-0.15, -0.1) is 0 Å². The van der Waals surface area contributed by atoms with E-state index in [2.05, 4.69) is 5.32 Å². The summed E-state index contributed by atoms with van der Waals surface area (Å²) in [6.07, 6.45) is 0. The Morgan fingerprint density at radius 1 is 1.28 bits per heavy atom. The molecule has 0 heterocycles. The normalized spacial score (nSPS) is 10.3. The summed E-state index contributed by atoms with van der Waals surface area (Å²) in [6.45, 7) is 4.98. The predicted octanol–water partition coefficient (Wildman–Crippen LogP) is 1.70. The van der Waals surface area contributed by atoms with Crippen molar-refractivity contribution in [3.8, 4) is 0 Å². The molecule has 0 spiro atoms. The zero-order valence-corrected chi connectivity index (χ0v) is 10.7. The monoisotopic (exact) mass is 252 g/mol. The summed E-state index contributed by atoms with van der Waals surface area (Å²) in [6, 6.07) is 5.47. The van der Waals surface area contributed by atoms with E-state index in [1.165, 1.54) is 36.1 Å². The van der Waals surface area contributed by atoms with Crippen LogP contribution in [-0.4, -0.2) is 24.4 Å². The van der Waals surface area contributed by atoms with Gasteiger partial charge in [0.25, 0.3) is 0 Å². The van der Waals surface area contributed by atoms with Gasteiger partial charge in [0.2, 0.25) is 11.8 Å². The van der Waals surface area contributed by atoms with Crippen molar-refractivity contribution >= 4 is 17.5 Å². The number of nitrogens with zero attached hydrogens (tertiary/aromatic N) is 1. The number of amides is 2. The first kappa shape index (κ1) is 14.2. The van der Waals surface area contributed by atoms with Gasteiger partial charge in [-0.05, 0) is 38.1 Å². The van der Waals surface area contributed by atoms with E-state index in [0.29, 0.717) is 5.69 Å². The summed E-state index contributed by atoms with van der Waals surface area (Å²) in [5, 5.41) is 2.70. The number of halogens is 1. The fraction of sp³-hybridized carbons (Fsp3) is 0.385. The van der Waals surface area contributed by atoms with Crippen LogP contribution in [0, 0.1) is 5.82 Å². The Kier molecular flexibility index (Phi) is 4.83. The van der Waals surface area contributed by atoms with Crippen LogP contribution in [-0.2, 0) is 9.59 Å². The van der Waals surface area contributed by atoms with Gasteiger partial charge < -0.3 is 10.2 Å². The second-order valence-electron chi connectivity index (χ2n) is 4.30. The van der Waals surface area contributed by atoms with E-state index in [0.717, 1.165) is 0 Å². The van der Waals surface area contributed by atoms with E-state index in [1.54, 1.807) is 0 Å². The molecule has 0 aliphatic heterocycles. The number of rotatable bonds is 4. The van der Waals surface area contributed by atoms with Gasteiger partial charge >= 0.3 is 0 Å². The lowest BCUT2D eigenvalue weighted by molar-refractivity contribution is -0.123. The van der Waals surface area contributed by atoms with Gasteiger partial charge in [-0.3, -0.25) is 9.59 Å². The summed E-state index contributed by atoms with van der Waals surface area (Å²) in [5.41, 5.74) is 0.503. The van der Waals surface area contributed by atoms with Gasteiger partial charge in [-0.25, -0.2) is 4.39 Å². The Labute approximate surface area is 106 Å². The predicted molar refractivity (Wildman–Crippen MR) is 67.7 cm³/mol. The second-order valence-corrected chi connectivity index (χ2v) is 4.30. The maximum Gasteiger partial charge on any atom is 0.240 e. The summed E-state index contributed by atoms with van der Waals surface area (Å²) in [7, 11) is 0. The highest BCUT2D eigenvalue weighted by molar-refractivity contribution is 5.97. The molecule has 0 atom stereocenters. The van der Waals surface area contributed by atoms with Crippen LogP contribution in [0.25, 0.3) is 0 Å². The first-order valence-corrected chi connectivity index (χ1v) is 5.73. The highest BCUT2D eigenvalue weighted by Crippen LogP contribution is 2.14. The molecular weight excluding hydrogens is 235 g/mol. The lowest BCUT2D eigenvalue weighted by Gasteiger charge is -2.21. The third kappa shape index (κ3) is 4.16. The van der Waals surface area contributed by atoms with Gasteiger partial charge in [0, 0.05) is 18.7 Å². The third-order valence-electron chi connectivity index (χ3n) is 2.27. The molecule has 0 radical (unpaired) electrons. The molecule has 0 aromatic heterocycles. The standard InChI is InChI=1S/C13H17FN2O2/c1-9(2)15-13(18)8-16(10(3)17)12-6-4-11(14)5-7-12/h4-7,9H,8H2,1-3H3,(H,15,18). The van der Waals surface area contributed by atoms with Crippen LogP contribution in [0.5, 0.6) is 0 Å². The minimum Gasteiger partial charge on any atom is -0.352 e. The first-order chi connectivity index (χ1) is 8.40. The molecule has 1 N–H and O–H groups in total. The topological polar surface area (TPSA) is 49.4 Å². The first-order valence-electron chi connectivity index (χ1n) is 5.73. The maximum absolute atomic E-state index is 12.8. The molecular formula is C13H17FN2O2. The van der Waals surface area contributed by atoms with Gasteiger partial charge in [0.15, 0.2) is 0 Å². The molecule has 98 valence electrons. The Hall–Kier alpha value is -1.91. The number of carbonyl (C=O) groups is 2. The third-order valence-corrected chi connectivity index (χ3v) is 2.27. The fourth-order valence-electron chi connectivity index (χ4n) is 1.52. The summed E-state index contributed by atoms with van der Waals surface area (Å²) >= 11 is 0. The number of benzene rings is 1. The highest BCUT2D eigenvalue weighted by Gasteiger charge is 2.16. The van der Waals surface area contributed by atoms with Crippen LogP contribution in [0.3, 0.4) is 0 Å². The van der Waals surface area contributed by atoms with Crippen molar-refractivity contribution in [1.82, 2.24) is 5.32 Å². The molecule has 0 saturated carbocycles. The Morgan fingerprint density at radius 3 is 2.28 bits per heavy atom. The number of nitrogens with one attached hydrogen (secondary N) is 1. The largest absolute Gasteiger partial charge is 0.352 e. The van der Waals surface area contributed by atoms with E-state index < -0.39 is 0 Å². The summed E-state index contributed by atoms with van der Waals surface area (Å²) in [4.78, 5) is 24.4.